The van der Waals surface area contributed by atoms with E-state index in [0.29, 0.717) is 0 Å². The topological polar surface area (TPSA) is 110 Å². The summed E-state index contributed by atoms with van der Waals surface area (Å²) in [5.41, 5.74) is 5.52. The zero-order valence-corrected chi connectivity index (χ0v) is 11.0. The smallest absolute Gasteiger partial charge is 0.416 e. The number of nitrogens with two attached hydrogens (primary N) is 1. The molecule has 0 aromatic rings. The van der Waals surface area contributed by atoms with Gasteiger partial charge in [-0.2, -0.15) is 0 Å². The fourth-order valence-electron chi connectivity index (χ4n) is 1.33. The Bertz CT molecular complexity index is 371. The Kier molecular flexibility index (Phi) is 4.58. The van der Waals surface area contributed by atoms with Gasteiger partial charge in [-0.1, -0.05) is 0 Å². The van der Waals surface area contributed by atoms with Crippen molar-refractivity contribution >= 4 is 29.7 Å². The molecule has 1 saturated heterocycles. The lowest BCUT2D eigenvalue weighted by atomic mass is 10.1. The van der Waals surface area contributed by atoms with Gasteiger partial charge in [0.2, 0.25) is 5.91 Å². The van der Waals surface area contributed by atoms with Crippen molar-refractivity contribution < 1.29 is 24.2 Å². The number of carboxylic acids is 1. The molecule has 8 heteroatoms. The van der Waals surface area contributed by atoms with Crippen LogP contribution < -0.4 is 5.73 Å². The largest absolute Gasteiger partial charge is 0.480 e. The molecule has 1 aliphatic heterocycles. The maximum atomic E-state index is 11.7. The van der Waals surface area contributed by atoms with E-state index in [4.69, 9.17) is 10.8 Å². The van der Waals surface area contributed by atoms with Gasteiger partial charge in [0.15, 0.2) is 0 Å². The maximum Gasteiger partial charge on any atom is 0.416 e. The summed E-state index contributed by atoms with van der Waals surface area (Å²) in [7, 11) is 0. The number of ether oxygens (including phenoxy) is 1. The van der Waals surface area contributed by atoms with Gasteiger partial charge < -0.3 is 15.6 Å². The highest BCUT2D eigenvalue weighted by molar-refractivity contribution is 8.01. The Balaban J connectivity index is 2.51. The highest BCUT2D eigenvalue weighted by Crippen LogP contribution is 2.27. The lowest BCUT2D eigenvalue weighted by Crippen LogP contribution is -2.47. The Hall–Kier alpha value is -1.28. The number of cyclic esters (lactones) is 1. The number of thioether (sulfide) groups is 1. The number of carbonyl (C=O) groups is 3. The van der Waals surface area contributed by atoms with Crippen molar-refractivity contribution in [1.29, 1.82) is 0 Å². The first kappa shape index (κ1) is 14.8. The Morgan fingerprint density at radius 1 is 1.61 bits per heavy atom. The van der Waals surface area contributed by atoms with E-state index in [1.165, 1.54) is 0 Å². The van der Waals surface area contributed by atoms with Crippen LogP contribution in [0, 0.1) is 0 Å². The van der Waals surface area contributed by atoms with Gasteiger partial charge in [-0.05, 0) is 13.8 Å². The SMILES string of the molecule is CC(C)(SCC(=O)N1CCOC1=O)[C@@H](N)C(=O)O. The van der Waals surface area contributed by atoms with Gasteiger partial charge in [-0.25, -0.2) is 9.69 Å². The fraction of sp³-hybridized carbons (Fsp3) is 0.700. The molecule has 0 unspecified atom stereocenters. The first-order valence-corrected chi connectivity index (χ1v) is 6.33. The number of aliphatic carboxylic acids is 1. The predicted molar refractivity (Wildman–Crippen MR) is 65.2 cm³/mol. The van der Waals surface area contributed by atoms with Gasteiger partial charge in [-0.3, -0.25) is 9.59 Å². The molecule has 1 atom stereocenters. The Labute approximate surface area is 109 Å². The molecule has 0 bridgehead atoms. The summed E-state index contributed by atoms with van der Waals surface area (Å²) >= 11 is 1.11. The zero-order valence-electron chi connectivity index (χ0n) is 10.2. The van der Waals surface area contributed by atoms with Crippen molar-refractivity contribution in [3.05, 3.63) is 0 Å². The average molecular weight is 276 g/mol. The minimum Gasteiger partial charge on any atom is -0.480 e. The molecule has 0 aromatic carbocycles. The van der Waals surface area contributed by atoms with Crippen LogP contribution >= 0.6 is 11.8 Å². The molecule has 0 aliphatic carbocycles. The van der Waals surface area contributed by atoms with Crippen molar-refractivity contribution in [2.75, 3.05) is 18.9 Å². The normalized spacial score (nSPS) is 17.5. The van der Waals surface area contributed by atoms with Crippen molar-refractivity contribution in [2.45, 2.75) is 24.6 Å². The standard InChI is InChI=1S/C10H16N2O5S/c1-10(2,7(11)8(14)15)18-5-6(13)12-3-4-17-9(12)16/h7H,3-5,11H2,1-2H3,(H,14,15)/t7-/m0/s1. The minimum atomic E-state index is -1.12. The van der Waals surface area contributed by atoms with Crippen LogP contribution in [0.25, 0.3) is 0 Å². The summed E-state index contributed by atoms with van der Waals surface area (Å²) in [6.07, 6.45) is -0.652. The number of imide groups is 1. The van der Waals surface area contributed by atoms with E-state index in [2.05, 4.69) is 4.74 Å². The lowest BCUT2D eigenvalue weighted by molar-refractivity contribution is -0.139. The van der Waals surface area contributed by atoms with Crippen molar-refractivity contribution in [1.82, 2.24) is 4.90 Å². The van der Waals surface area contributed by atoms with Crippen LogP contribution in [0.5, 0.6) is 0 Å². The summed E-state index contributed by atoms with van der Waals surface area (Å²) in [5.74, 6) is -1.53. The average Bonchev–Trinajstić information content (AvgIpc) is 2.71. The fourth-order valence-corrected chi connectivity index (χ4v) is 2.26. The van der Waals surface area contributed by atoms with Crippen LogP contribution in [0.3, 0.4) is 0 Å². The van der Waals surface area contributed by atoms with Crippen molar-refractivity contribution in [3.63, 3.8) is 0 Å². The summed E-state index contributed by atoms with van der Waals surface area (Å²) < 4.78 is 3.84. The monoisotopic (exact) mass is 276 g/mol. The van der Waals surface area contributed by atoms with E-state index < -0.39 is 28.8 Å². The van der Waals surface area contributed by atoms with E-state index in [1.807, 2.05) is 0 Å². The number of hydrogen-bond donors (Lipinski definition) is 2. The van der Waals surface area contributed by atoms with Crippen molar-refractivity contribution in [2.24, 2.45) is 5.73 Å². The molecule has 3 N–H and O–H groups in total. The number of rotatable bonds is 5. The third kappa shape index (κ3) is 3.36. The first-order valence-electron chi connectivity index (χ1n) is 5.35. The van der Waals surface area contributed by atoms with Gasteiger partial charge in [0.1, 0.15) is 12.6 Å². The van der Waals surface area contributed by atoms with E-state index in [9.17, 15) is 14.4 Å². The minimum absolute atomic E-state index is 0.0108. The summed E-state index contributed by atoms with van der Waals surface area (Å²) in [4.78, 5) is 34.6. The molecule has 1 heterocycles. The highest BCUT2D eigenvalue weighted by atomic mass is 32.2. The third-order valence-corrected chi connectivity index (χ3v) is 4.03. The molecule has 0 spiro atoms. The van der Waals surface area contributed by atoms with Gasteiger partial charge >= 0.3 is 12.1 Å². The molecule has 0 radical (unpaired) electrons. The second-order valence-corrected chi connectivity index (χ2v) is 6.00. The molecule has 2 amide bonds. The number of hydrogen-bond acceptors (Lipinski definition) is 6. The van der Waals surface area contributed by atoms with Gasteiger partial charge in [0.25, 0.3) is 0 Å². The second-order valence-electron chi connectivity index (χ2n) is 4.37. The molecule has 1 fully saturated rings. The van der Waals surface area contributed by atoms with Gasteiger partial charge in [-0.15, -0.1) is 11.8 Å². The predicted octanol–water partition coefficient (Wildman–Crippen LogP) is -0.111. The maximum absolute atomic E-state index is 11.7. The van der Waals surface area contributed by atoms with E-state index in [0.717, 1.165) is 16.7 Å². The van der Waals surface area contributed by atoms with Crippen LogP contribution in [0.4, 0.5) is 4.79 Å². The molecule has 0 aromatic heterocycles. The third-order valence-electron chi connectivity index (χ3n) is 2.64. The highest BCUT2D eigenvalue weighted by Gasteiger charge is 2.35. The Morgan fingerprint density at radius 3 is 2.67 bits per heavy atom. The van der Waals surface area contributed by atoms with Crippen LogP contribution in [-0.2, 0) is 14.3 Å². The van der Waals surface area contributed by atoms with E-state index in [-0.39, 0.29) is 18.9 Å². The Morgan fingerprint density at radius 2 is 2.22 bits per heavy atom. The van der Waals surface area contributed by atoms with E-state index >= 15 is 0 Å². The summed E-state index contributed by atoms with van der Waals surface area (Å²) in [6, 6.07) is -1.08. The molecule has 1 rings (SSSR count). The second kappa shape index (κ2) is 5.57. The molecular formula is C10H16N2O5S. The zero-order chi connectivity index (χ0) is 13.9. The summed E-state index contributed by atoms with van der Waals surface area (Å²) in [6.45, 7) is 3.73. The van der Waals surface area contributed by atoms with Crippen LogP contribution in [0.15, 0.2) is 0 Å². The molecular weight excluding hydrogens is 260 g/mol. The van der Waals surface area contributed by atoms with Crippen LogP contribution in [-0.4, -0.2) is 57.7 Å². The van der Waals surface area contributed by atoms with Crippen molar-refractivity contribution in [3.8, 4) is 0 Å². The quantitative estimate of drug-likeness (QED) is 0.720. The molecule has 18 heavy (non-hydrogen) atoms. The molecule has 1 aliphatic rings. The van der Waals surface area contributed by atoms with Gasteiger partial charge in [0.05, 0.1) is 12.3 Å². The molecule has 0 saturated carbocycles. The number of carbonyl (C=O) groups excluding carboxylic acids is 2. The number of carboxylic acid groups (broad SMARTS) is 1. The van der Waals surface area contributed by atoms with Crippen LogP contribution in [0.2, 0.25) is 0 Å². The van der Waals surface area contributed by atoms with Crippen LogP contribution in [0.1, 0.15) is 13.8 Å². The van der Waals surface area contributed by atoms with Gasteiger partial charge in [0, 0.05) is 4.75 Å². The summed E-state index contributed by atoms with van der Waals surface area (Å²) in [5, 5.41) is 8.83. The first-order chi connectivity index (χ1) is 8.25. The molecule has 102 valence electrons. The van der Waals surface area contributed by atoms with E-state index in [1.54, 1.807) is 13.8 Å². The number of nitrogens with zero attached hydrogens (tertiary/aromatic N) is 1. The number of amides is 2. The lowest BCUT2D eigenvalue weighted by Gasteiger charge is -2.28. The molecule has 7 nitrogen and oxygen atoms in total.